The van der Waals surface area contributed by atoms with Crippen LogP contribution in [-0.4, -0.2) is 28.3 Å². The first-order valence-electron chi connectivity index (χ1n) is 10.1. The zero-order valence-electron chi connectivity index (χ0n) is 18.7. The van der Waals surface area contributed by atoms with Crippen LogP contribution in [0, 0.1) is 40.5 Å². The molecule has 0 saturated carbocycles. The normalized spacial score (nSPS) is 11.0. The van der Waals surface area contributed by atoms with E-state index < -0.39 is 0 Å². The van der Waals surface area contributed by atoms with E-state index in [4.69, 9.17) is 4.74 Å². The Bertz CT molecular complexity index is 874. The van der Waals surface area contributed by atoms with E-state index in [9.17, 15) is 9.59 Å². The molecule has 0 bridgehead atoms. The molecule has 1 aromatic heterocycles. The summed E-state index contributed by atoms with van der Waals surface area (Å²) < 4.78 is 7.17. The topological polar surface area (TPSA) is 73.2 Å². The zero-order chi connectivity index (χ0) is 21.7. The number of aromatic nitrogens is 2. The van der Waals surface area contributed by atoms with Crippen LogP contribution in [-0.2, 0) is 27.3 Å². The number of esters is 1. The molecule has 0 atom stereocenters. The number of nitrogens with one attached hydrogen (secondary N) is 1. The van der Waals surface area contributed by atoms with E-state index in [0.29, 0.717) is 12.3 Å². The maximum absolute atomic E-state index is 12.2. The molecular weight excluding hydrogens is 366 g/mol. The molecule has 1 aromatic carbocycles. The number of hydrogen-bond acceptors (Lipinski definition) is 4. The molecule has 0 fully saturated rings. The second-order valence-electron chi connectivity index (χ2n) is 8.21. The Balaban J connectivity index is 1.86. The standard InChI is InChI=1S/C23H33N3O3/c1-14(2)12-26-19(7)20(18(6)25-26)8-9-22(28)29-13-21(27)24-23-16(4)10-15(3)11-17(23)5/h10-11,14H,8-9,12-13H2,1-7H3,(H,24,27). The molecule has 0 spiro atoms. The summed E-state index contributed by atoms with van der Waals surface area (Å²) in [6.07, 6.45) is 0.789. The van der Waals surface area contributed by atoms with Gasteiger partial charge >= 0.3 is 5.97 Å². The molecule has 6 heteroatoms. The molecular formula is C23H33N3O3. The van der Waals surface area contributed by atoms with Gasteiger partial charge in [0.25, 0.3) is 5.91 Å². The van der Waals surface area contributed by atoms with Crippen LogP contribution in [0.1, 0.15) is 53.9 Å². The van der Waals surface area contributed by atoms with E-state index in [2.05, 4.69) is 24.3 Å². The number of hydrogen-bond donors (Lipinski definition) is 1. The van der Waals surface area contributed by atoms with Crippen LogP contribution in [0.2, 0.25) is 0 Å². The van der Waals surface area contributed by atoms with E-state index in [1.165, 1.54) is 0 Å². The summed E-state index contributed by atoms with van der Waals surface area (Å²) in [4.78, 5) is 24.3. The summed E-state index contributed by atoms with van der Waals surface area (Å²) in [7, 11) is 0. The number of ether oxygens (including phenoxy) is 1. The minimum Gasteiger partial charge on any atom is -0.456 e. The highest BCUT2D eigenvalue weighted by molar-refractivity contribution is 5.94. The van der Waals surface area contributed by atoms with Crippen LogP contribution in [0.3, 0.4) is 0 Å². The van der Waals surface area contributed by atoms with Crippen molar-refractivity contribution in [3.05, 3.63) is 45.8 Å². The van der Waals surface area contributed by atoms with E-state index in [1.54, 1.807) is 0 Å². The minimum absolute atomic E-state index is 0.227. The predicted molar refractivity (Wildman–Crippen MR) is 115 cm³/mol. The summed E-state index contributed by atoms with van der Waals surface area (Å²) in [5.41, 5.74) is 7.02. The van der Waals surface area contributed by atoms with E-state index in [1.807, 2.05) is 51.4 Å². The maximum atomic E-state index is 12.2. The van der Waals surface area contributed by atoms with Crippen molar-refractivity contribution >= 4 is 17.6 Å². The van der Waals surface area contributed by atoms with Gasteiger partial charge in [-0.3, -0.25) is 14.3 Å². The van der Waals surface area contributed by atoms with Gasteiger partial charge in [0, 0.05) is 24.3 Å². The molecule has 1 heterocycles. The van der Waals surface area contributed by atoms with E-state index in [-0.39, 0.29) is 24.9 Å². The van der Waals surface area contributed by atoms with Crippen molar-refractivity contribution in [3.8, 4) is 0 Å². The van der Waals surface area contributed by atoms with Crippen molar-refractivity contribution in [2.75, 3.05) is 11.9 Å². The molecule has 0 radical (unpaired) electrons. The Morgan fingerprint density at radius 2 is 1.72 bits per heavy atom. The monoisotopic (exact) mass is 399 g/mol. The average molecular weight is 400 g/mol. The Hall–Kier alpha value is -2.63. The fourth-order valence-corrected chi connectivity index (χ4v) is 3.62. The number of carbonyl (C=O) groups is 2. The van der Waals surface area contributed by atoms with Gasteiger partial charge in [-0.2, -0.15) is 5.10 Å². The smallest absolute Gasteiger partial charge is 0.306 e. The average Bonchev–Trinajstić information content (AvgIpc) is 2.87. The molecule has 158 valence electrons. The first-order valence-corrected chi connectivity index (χ1v) is 10.1. The van der Waals surface area contributed by atoms with Crippen molar-refractivity contribution in [2.24, 2.45) is 5.92 Å². The van der Waals surface area contributed by atoms with Gasteiger partial charge in [-0.1, -0.05) is 31.5 Å². The summed E-state index contributed by atoms with van der Waals surface area (Å²) in [5, 5.41) is 7.42. The van der Waals surface area contributed by atoms with Crippen LogP contribution < -0.4 is 5.32 Å². The van der Waals surface area contributed by atoms with Crippen molar-refractivity contribution in [1.29, 1.82) is 0 Å². The number of aryl methyl sites for hydroxylation is 4. The number of benzene rings is 1. The van der Waals surface area contributed by atoms with Gasteiger partial charge < -0.3 is 10.1 Å². The van der Waals surface area contributed by atoms with Crippen molar-refractivity contribution in [1.82, 2.24) is 9.78 Å². The van der Waals surface area contributed by atoms with Gasteiger partial charge in [0.05, 0.1) is 5.69 Å². The fourth-order valence-electron chi connectivity index (χ4n) is 3.62. The van der Waals surface area contributed by atoms with Gasteiger partial charge in [-0.25, -0.2) is 0 Å². The lowest BCUT2D eigenvalue weighted by Gasteiger charge is -2.13. The lowest BCUT2D eigenvalue weighted by atomic mass is 10.1. The van der Waals surface area contributed by atoms with Gasteiger partial charge in [-0.15, -0.1) is 0 Å². The molecule has 0 unspecified atom stereocenters. The van der Waals surface area contributed by atoms with Crippen LogP contribution >= 0.6 is 0 Å². The van der Waals surface area contributed by atoms with Crippen molar-refractivity contribution < 1.29 is 14.3 Å². The van der Waals surface area contributed by atoms with Crippen LogP contribution in [0.25, 0.3) is 0 Å². The van der Waals surface area contributed by atoms with Gasteiger partial charge in [0.1, 0.15) is 0 Å². The maximum Gasteiger partial charge on any atom is 0.306 e. The Morgan fingerprint density at radius 1 is 1.10 bits per heavy atom. The number of anilines is 1. The second-order valence-corrected chi connectivity index (χ2v) is 8.21. The summed E-state index contributed by atoms with van der Waals surface area (Å²) >= 11 is 0. The summed E-state index contributed by atoms with van der Waals surface area (Å²) in [5.74, 6) is -0.205. The van der Waals surface area contributed by atoms with Crippen LogP contribution in [0.4, 0.5) is 5.69 Å². The molecule has 0 aliphatic carbocycles. The Kier molecular flexibility index (Phi) is 7.59. The highest BCUT2D eigenvalue weighted by atomic mass is 16.5. The molecule has 2 aromatic rings. The third kappa shape index (κ3) is 6.17. The lowest BCUT2D eigenvalue weighted by Crippen LogP contribution is -2.22. The molecule has 0 aliphatic heterocycles. The lowest BCUT2D eigenvalue weighted by molar-refractivity contribution is -0.147. The SMILES string of the molecule is Cc1cc(C)c(NC(=O)COC(=O)CCc2c(C)nn(CC(C)C)c2C)c(C)c1. The first-order chi connectivity index (χ1) is 13.6. The zero-order valence-corrected chi connectivity index (χ0v) is 18.7. The van der Waals surface area contributed by atoms with Gasteiger partial charge in [0.2, 0.25) is 0 Å². The molecule has 6 nitrogen and oxygen atoms in total. The second kappa shape index (κ2) is 9.72. The Labute approximate surface area is 173 Å². The third-order valence-corrected chi connectivity index (χ3v) is 4.95. The molecule has 0 aliphatic rings. The fraction of sp³-hybridized carbons (Fsp3) is 0.522. The molecule has 1 amide bonds. The van der Waals surface area contributed by atoms with Gasteiger partial charge in [-0.05, 0) is 63.6 Å². The number of rotatable bonds is 8. The van der Waals surface area contributed by atoms with Crippen molar-refractivity contribution in [3.63, 3.8) is 0 Å². The highest BCUT2D eigenvalue weighted by Gasteiger charge is 2.15. The van der Waals surface area contributed by atoms with Crippen LogP contribution in [0.15, 0.2) is 12.1 Å². The van der Waals surface area contributed by atoms with E-state index in [0.717, 1.165) is 45.9 Å². The van der Waals surface area contributed by atoms with Gasteiger partial charge in [0.15, 0.2) is 6.61 Å². The third-order valence-electron chi connectivity index (χ3n) is 4.95. The summed E-state index contributed by atoms with van der Waals surface area (Å²) in [6, 6.07) is 4.03. The molecule has 2 rings (SSSR count). The van der Waals surface area contributed by atoms with Crippen molar-refractivity contribution in [2.45, 2.75) is 67.9 Å². The minimum atomic E-state index is -0.382. The molecule has 1 N–H and O–H groups in total. The summed E-state index contributed by atoms with van der Waals surface area (Å²) in [6.45, 7) is 14.8. The first kappa shape index (κ1) is 22.7. The molecule has 0 saturated heterocycles. The highest BCUT2D eigenvalue weighted by Crippen LogP contribution is 2.22. The molecule has 29 heavy (non-hydrogen) atoms. The quantitative estimate of drug-likeness (QED) is 0.675. The van der Waals surface area contributed by atoms with Crippen LogP contribution in [0.5, 0.6) is 0 Å². The predicted octanol–water partition coefficient (Wildman–Crippen LogP) is 4.20. The number of carbonyl (C=O) groups excluding carboxylic acids is 2. The van der Waals surface area contributed by atoms with E-state index >= 15 is 0 Å². The Morgan fingerprint density at radius 3 is 2.31 bits per heavy atom. The number of amides is 1. The number of nitrogens with zero attached hydrogens (tertiary/aromatic N) is 2. The largest absolute Gasteiger partial charge is 0.456 e.